The van der Waals surface area contributed by atoms with Gasteiger partial charge in [0.25, 0.3) is 0 Å². The highest BCUT2D eigenvalue weighted by Crippen LogP contribution is 2.29. The lowest BCUT2D eigenvalue weighted by atomic mass is 9.98. The number of carbonyl (C=O) groups is 1. The molecule has 0 radical (unpaired) electrons. The summed E-state index contributed by atoms with van der Waals surface area (Å²) in [5, 5.41) is 47.2. The van der Waals surface area contributed by atoms with Crippen LogP contribution >= 0.6 is 0 Å². The van der Waals surface area contributed by atoms with Crippen LogP contribution in [0.3, 0.4) is 0 Å². The zero-order valence-electron chi connectivity index (χ0n) is 9.89. The smallest absolute Gasteiger partial charge is 0.357 e. The van der Waals surface area contributed by atoms with Gasteiger partial charge in [-0.2, -0.15) is 0 Å². The van der Waals surface area contributed by atoms with E-state index in [0.29, 0.717) is 6.42 Å². The molecule has 8 nitrogen and oxygen atoms in total. The Kier molecular flexibility index (Phi) is 5.02. The van der Waals surface area contributed by atoms with E-state index in [0.717, 1.165) is 0 Å². The predicted molar refractivity (Wildman–Crippen MR) is 55.9 cm³/mol. The Morgan fingerprint density at radius 3 is 2.44 bits per heavy atom. The fourth-order valence-corrected chi connectivity index (χ4v) is 1.63. The first-order chi connectivity index (χ1) is 8.35. The molecule has 0 saturated carbocycles. The van der Waals surface area contributed by atoms with E-state index in [2.05, 4.69) is 4.74 Å². The Labute approximate surface area is 103 Å². The van der Waals surface area contributed by atoms with E-state index in [4.69, 9.17) is 9.84 Å². The van der Waals surface area contributed by atoms with Crippen LogP contribution in [0.15, 0.2) is 0 Å². The van der Waals surface area contributed by atoms with E-state index in [9.17, 15) is 25.2 Å². The number of ether oxygens (including phenoxy) is 2. The van der Waals surface area contributed by atoms with Gasteiger partial charge in [0.1, 0.15) is 18.3 Å². The van der Waals surface area contributed by atoms with Crippen molar-refractivity contribution in [3.05, 3.63) is 0 Å². The molecule has 0 aromatic carbocycles. The highest BCUT2D eigenvalue weighted by atomic mass is 16.8. The van der Waals surface area contributed by atoms with Gasteiger partial charge in [0.2, 0.25) is 0 Å². The SMILES string of the molecule is CCCC(=O)OC1(O)O[C@H](CO)[C@@H](O)[C@H](O)[C@H]1O. The van der Waals surface area contributed by atoms with Gasteiger partial charge in [0.05, 0.1) is 6.61 Å². The van der Waals surface area contributed by atoms with E-state index < -0.39 is 43.0 Å². The van der Waals surface area contributed by atoms with Crippen molar-refractivity contribution in [2.24, 2.45) is 0 Å². The molecule has 0 amide bonds. The molecule has 1 unspecified atom stereocenters. The number of hydrogen-bond donors (Lipinski definition) is 5. The second-order valence-electron chi connectivity index (χ2n) is 4.12. The first-order valence-electron chi connectivity index (χ1n) is 5.62. The van der Waals surface area contributed by atoms with Gasteiger partial charge in [-0.05, 0) is 6.42 Å². The summed E-state index contributed by atoms with van der Waals surface area (Å²) in [4.78, 5) is 11.3. The largest absolute Gasteiger partial charge is 0.406 e. The van der Waals surface area contributed by atoms with Gasteiger partial charge in [0.15, 0.2) is 6.10 Å². The van der Waals surface area contributed by atoms with Crippen LogP contribution in [0, 0.1) is 0 Å². The van der Waals surface area contributed by atoms with Crippen LogP contribution in [0.25, 0.3) is 0 Å². The average molecular weight is 266 g/mol. The summed E-state index contributed by atoms with van der Waals surface area (Å²) in [6.07, 6.45) is -6.37. The van der Waals surface area contributed by atoms with Gasteiger partial charge in [-0.15, -0.1) is 0 Å². The molecule has 0 aromatic heterocycles. The molecule has 1 fully saturated rings. The molecular weight excluding hydrogens is 248 g/mol. The number of hydrogen-bond acceptors (Lipinski definition) is 8. The summed E-state index contributed by atoms with van der Waals surface area (Å²) < 4.78 is 9.28. The van der Waals surface area contributed by atoms with Crippen molar-refractivity contribution in [1.82, 2.24) is 0 Å². The monoisotopic (exact) mass is 266 g/mol. The summed E-state index contributed by atoms with van der Waals surface area (Å²) in [6, 6.07) is 0. The van der Waals surface area contributed by atoms with Crippen LogP contribution in [0.4, 0.5) is 0 Å². The molecule has 8 heteroatoms. The Balaban J connectivity index is 2.81. The van der Waals surface area contributed by atoms with Crippen molar-refractivity contribution >= 4 is 5.97 Å². The maximum atomic E-state index is 11.3. The summed E-state index contributed by atoms with van der Waals surface area (Å²) in [6.45, 7) is 0.983. The molecule has 5 atom stereocenters. The molecule has 5 N–H and O–H groups in total. The highest BCUT2D eigenvalue weighted by molar-refractivity contribution is 5.69. The number of carbonyl (C=O) groups excluding carboxylic acids is 1. The van der Waals surface area contributed by atoms with E-state index in [1.807, 2.05) is 0 Å². The van der Waals surface area contributed by atoms with Crippen molar-refractivity contribution in [2.45, 2.75) is 50.2 Å². The molecule has 1 saturated heterocycles. The molecule has 1 rings (SSSR count). The van der Waals surface area contributed by atoms with Crippen LogP contribution < -0.4 is 0 Å². The minimum absolute atomic E-state index is 0.0131. The quantitative estimate of drug-likeness (QED) is 0.277. The van der Waals surface area contributed by atoms with Crippen LogP contribution in [0.1, 0.15) is 19.8 Å². The van der Waals surface area contributed by atoms with Gasteiger partial charge >= 0.3 is 11.9 Å². The molecular formula is C10H18O8. The Bertz CT molecular complexity index is 294. The normalized spacial score (nSPS) is 40.6. The highest BCUT2D eigenvalue weighted by Gasteiger charge is 2.55. The molecule has 0 bridgehead atoms. The average Bonchev–Trinajstić information content (AvgIpc) is 2.32. The van der Waals surface area contributed by atoms with Gasteiger partial charge in [-0.3, -0.25) is 4.79 Å². The van der Waals surface area contributed by atoms with E-state index in [1.165, 1.54) is 0 Å². The second-order valence-corrected chi connectivity index (χ2v) is 4.12. The molecule has 18 heavy (non-hydrogen) atoms. The number of rotatable bonds is 4. The van der Waals surface area contributed by atoms with Crippen LogP contribution in [-0.4, -0.2) is 68.5 Å². The minimum atomic E-state index is -2.78. The fourth-order valence-electron chi connectivity index (χ4n) is 1.63. The van der Waals surface area contributed by atoms with Crippen molar-refractivity contribution in [3.63, 3.8) is 0 Å². The van der Waals surface area contributed by atoms with Gasteiger partial charge in [0, 0.05) is 6.42 Å². The third kappa shape index (κ3) is 2.97. The summed E-state index contributed by atoms with van der Waals surface area (Å²) >= 11 is 0. The van der Waals surface area contributed by atoms with Crippen molar-refractivity contribution < 1.29 is 39.8 Å². The molecule has 0 spiro atoms. The van der Waals surface area contributed by atoms with Crippen molar-refractivity contribution in [1.29, 1.82) is 0 Å². The Morgan fingerprint density at radius 2 is 1.94 bits per heavy atom. The molecule has 106 valence electrons. The molecule has 1 heterocycles. The molecule has 1 aliphatic rings. The standard InChI is InChI=1S/C10H18O8/c1-2-3-6(12)18-10(16)9(15)8(14)7(13)5(4-11)17-10/h5,7-9,11,13-16H,2-4H2,1H3/t5-,7-,8+,9-,10?/m1/s1. The summed E-state index contributed by atoms with van der Waals surface area (Å²) in [5.74, 6) is -3.61. The zero-order chi connectivity index (χ0) is 13.9. The fraction of sp³-hybridized carbons (Fsp3) is 0.900. The van der Waals surface area contributed by atoms with Crippen molar-refractivity contribution in [2.75, 3.05) is 6.61 Å². The van der Waals surface area contributed by atoms with E-state index in [1.54, 1.807) is 6.92 Å². The molecule has 1 aliphatic heterocycles. The number of aliphatic hydroxyl groups excluding tert-OH is 4. The van der Waals surface area contributed by atoms with Crippen LogP contribution in [0.5, 0.6) is 0 Å². The number of esters is 1. The first-order valence-corrected chi connectivity index (χ1v) is 5.62. The lowest BCUT2D eigenvalue weighted by Crippen LogP contribution is -2.66. The lowest BCUT2D eigenvalue weighted by molar-refractivity contribution is -0.434. The minimum Gasteiger partial charge on any atom is -0.406 e. The zero-order valence-corrected chi connectivity index (χ0v) is 9.89. The van der Waals surface area contributed by atoms with Gasteiger partial charge in [-0.25, -0.2) is 0 Å². The third-order valence-corrected chi connectivity index (χ3v) is 2.64. The predicted octanol–water partition coefficient (Wildman–Crippen LogP) is -2.55. The second kappa shape index (κ2) is 5.91. The van der Waals surface area contributed by atoms with Crippen LogP contribution in [0.2, 0.25) is 0 Å². The number of aliphatic hydroxyl groups is 5. The van der Waals surface area contributed by atoms with Crippen LogP contribution in [-0.2, 0) is 14.3 Å². The van der Waals surface area contributed by atoms with E-state index >= 15 is 0 Å². The van der Waals surface area contributed by atoms with Crippen molar-refractivity contribution in [3.8, 4) is 0 Å². The summed E-state index contributed by atoms with van der Waals surface area (Å²) in [7, 11) is 0. The Hall–Kier alpha value is -0.770. The summed E-state index contributed by atoms with van der Waals surface area (Å²) in [5.41, 5.74) is 0. The Morgan fingerprint density at radius 1 is 1.33 bits per heavy atom. The van der Waals surface area contributed by atoms with Gasteiger partial charge < -0.3 is 35.0 Å². The maximum Gasteiger partial charge on any atom is 0.357 e. The van der Waals surface area contributed by atoms with E-state index in [-0.39, 0.29) is 6.42 Å². The lowest BCUT2D eigenvalue weighted by Gasteiger charge is -2.43. The maximum absolute atomic E-state index is 11.3. The van der Waals surface area contributed by atoms with Gasteiger partial charge in [-0.1, -0.05) is 6.92 Å². The first kappa shape index (κ1) is 15.3. The topological polar surface area (TPSA) is 137 Å². The third-order valence-electron chi connectivity index (χ3n) is 2.64. The molecule has 0 aliphatic carbocycles. The molecule has 0 aromatic rings.